The van der Waals surface area contributed by atoms with Crippen LogP contribution in [0.4, 0.5) is 0 Å². The van der Waals surface area contributed by atoms with Crippen LogP contribution in [0, 0.1) is 0 Å². The predicted octanol–water partition coefficient (Wildman–Crippen LogP) is 5.22. The Morgan fingerprint density at radius 1 is 0.963 bits per heavy atom. The lowest BCUT2D eigenvalue weighted by Gasteiger charge is -2.36. The predicted molar refractivity (Wildman–Crippen MR) is 113 cm³/mol. The number of thiophene rings is 1. The normalized spacial score (nSPS) is 21.9. The number of benzene rings is 1. The van der Waals surface area contributed by atoms with Crippen LogP contribution in [0.2, 0.25) is 0 Å². The Balaban J connectivity index is 1.39. The third-order valence-electron chi connectivity index (χ3n) is 6.06. The Bertz CT molecular complexity index is 719. The zero-order valence-electron chi connectivity index (χ0n) is 16.0. The molecule has 1 N–H and O–H groups in total. The molecule has 1 atom stereocenters. The number of carbonyl (C=O) groups excluding carboxylic acids is 1. The summed E-state index contributed by atoms with van der Waals surface area (Å²) in [4.78, 5) is 15.3. The largest absolute Gasteiger partial charge is 0.352 e. The molecular weight excluding hydrogens is 352 g/mol. The number of hydrogen-bond donors (Lipinski definition) is 1. The van der Waals surface area contributed by atoms with Crippen LogP contribution in [-0.2, 0) is 11.3 Å². The van der Waals surface area contributed by atoms with Gasteiger partial charge in [-0.25, -0.2) is 0 Å². The van der Waals surface area contributed by atoms with Crippen LogP contribution >= 0.6 is 11.3 Å². The lowest BCUT2D eigenvalue weighted by Crippen LogP contribution is -2.51. The first-order valence-corrected chi connectivity index (χ1v) is 11.4. The molecule has 0 radical (unpaired) electrons. The third-order valence-corrected chi connectivity index (χ3v) is 6.75. The minimum absolute atomic E-state index is 0.0391. The summed E-state index contributed by atoms with van der Waals surface area (Å²) in [6, 6.07) is 11.5. The van der Waals surface area contributed by atoms with Crippen LogP contribution in [-0.4, -0.2) is 29.4 Å². The van der Waals surface area contributed by atoms with Gasteiger partial charge in [0.1, 0.15) is 0 Å². The summed E-state index contributed by atoms with van der Waals surface area (Å²) in [5.41, 5.74) is 3.85. The molecule has 4 heteroatoms. The molecule has 3 nitrogen and oxygen atoms in total. The van der Waals surface area contributed by atoms with Gasteiger partial charge in [0.15, 0.2) is 0 Å². The molecule has 144 valence electrons. The minimum atomic E-state index is 0.0391. The van der Waals surface area contributed by atoms with Crippen LogP contribution in [0.3, 0.4) is 0 Å². The second kappa shape index (κ2) is 9.03. The van der Waals surface area contributed by atoms with Crippen molar-refractivity contribution in [3.63, 3.8) is 0 Å². The molecule has 2 fully saturated rings. The number of carbonyl (C=O) groups is 1. The van der Waals surface area contributed by atoms with E-state index in [2.05, 4.69) is 51.3 Å². The first-order chi connectivity index (χ1) is 13.3. The van der Waals surface area contributed by atoms with Crippen LogP contribution in [0.15, 0.2) is 41.1 Å². The highest BCUT2D eigenvalue weighted by Crippen LogP contribution is 2.25. The van der Waals surface area contributed by atoms with E-state index in [1.54, 1.807) is 11.3 Å². The number of rotatable bonds is 5. The van der Waals surface area contributed by atoms with Gasteiger partial charge in [-0.15, -0.1) is 0 Å². The first kappa shape index (κ1) is 18.7. The SMILES string of the molecule is O=C(NC1CCCCC1)C1CCCCN1Cc1ccc(-c2ccsc2)cc1. The summed E-state index contributed by atoms with van der Waals surface area (Å²) in [5, 5.41) is 7.66. The standard InChI is InChI=1S/C23H30N2OS/c26-23(24-21-6-2-1-3-7-21)22-8-4-5-14-25(22)16-18-9-11-19(12-10-18)20-13-15-27-17-20/h9-13,15,17,21-22H,1-8,14,16H2,(H,24,26). The molecule has 1 aromatic heterocycles. The highest BCUT2D eigenvalue weighted by molar-refractivity contribution is 7.08. The number of nitrogens with one attached hydrogen (secondary N) is 1. The fourth-order valence-corrected chi connectivity index (χ4v) is 5.15. The van der Waals surface area contributed by atoms with Crippen molar-refractivity contribution in [3.8, 4) is 11.1 Å². The van der Waals surface area contributed by atoms with Gasteiger partial charge in [-0.05, 0) is 65.7 Å². The van der Waals surface area contributed by atoms with E-state index in [0.717, 1.165) is 38.8 Å². The van der Waals surface area contributed by atoms with Gasteiger partial charge in [-0.3, -0.25) is 9.69 Å². The Hall–Kier alpha value is -1.65. The van der Waals surface area contributed by atoms with Crippen LogP contribution in [0.25, 0.3) is 11.1 Å². The summed E-state index contributed by atoms with van der Waals surface area (Å²) in [6.07, 6.45) is 9.50. The molecule has 1 unspecified atom stereocenters. The molecule has 2 heterocycles. The number of likely N-dealkylation sites (tertiary alicyclic amines) is 1. The number of amides is 1. The van der Waals surface area contributed by atoms with E-state index in [0.29, 0.717) is 6.04 Å². The zero-order valence-corrected chi connectivity index (χ0v) is 16.8. The van der Waals surface area contributed by atoms with Crippen molar-refractivity contribution in [2.24, 2.45) is 0 Å². The number of nitrogens with zero attached hydrogens (tertiary/aromatic N) is 1. The molecule has 27 heavy (non-hydrogen) atoms. The molecule has 1 amide bonds. The molecule has 1 saturated heterocycles. The quantitative estimate of drug-likeness (QED) is 0.769. The van der Waals surface area contributed by atoms with Crippen molar-refractivity contribution in [2.45, 2.75) is 70.0 Å². The fourth-order valence-electron chi connectivity index (χ4n) is 4.49. The highest BCUT2D eigenvalue weighted by Gasteiger charge is 2.30. The van der Waals surface area contributed by atoms with Gasteiger partial charge >= 0.3 is 0 Å². The minimum Gasteiger partial charge on any atom is -0.352 e. The lowest BCUT2D eigenvalue weighted by atomic mass is 9.94. The molecule has 2 aromatic rings. The van der Waals surface area contributed by atoms with Gasteiger partial charge in [0.25, 0.3) is 0 Å². The molecular formula is C23H30N2OS. The summed E-state index contributed by atoms with van der Waals surface area (Å²) >= 11 is 1.73. The topological polar surface area (TPSA) is 32.3 Å². The molecule has 0 spiro atoms. The van der Waals surface area contributed by atoms with Crippen LogP contribution < -0.4 is 5.32 Å². The second-order valence-electron chi connectivity index (χ2n) is 8.03. The highest BCUT2D eigenvalue weighted by atomic mass is 32.1. The average Bonchev–Trinajstić information content (AvgIpc) is 3.24. The molecule has 1 aromatic carbocycles. The molecule has 4 rings (SSSR count). The maximum Gasteiger partial charge on any atom is 0.237 e. The molecule has 1 aliphatic carbocycles. The van der Waals surface area contributed by atoms with Gasteiger partial charge in [0.05, 0.1) is 6.04 Å². The Morgan fingerprint density at radius 3 is 2.48 bits per heavy atom. The monoisotopic (exact) mass is 382 g/mol. The maximum absolute atomic E-state index is 12.9. The Kier molecular flexibility index (Phi) is 6.25. The van der Waals surface area contributed by atoms with Gasteiger partial charge < -0.3 is 5.32 Å². The van der Waals surface area contributed by atoms with Crippen molar-refractivity contribution >= 4 is 17.2 Å². The maximum atomic E-state index is 12.9. The smallest absolute Gasteiger partial charge is 0.237 e. The van der Waals surface area contributed by atoms with E-state index in [4.69, 9.17) is 0 Å². The van der Waals surface area contributed by atoms with Crippen LogP contribution in [0.1, 0.15) is 56.9 Å². The molecule has 2 aliphatic rings. The summed E-state index contributed by atoms with van der Waals surface area (Å²) < 4.78 is 0. The summed E-state index contributed by atoms with van der Waals surface area (Å²) in [5.74, 6) is 0.261. The zero-order chi connectivity index (χ0) is 18.5. The molecule has 1 aliphatic heterocycles. The van der Waals surface area contributed by atoms with E-state index in [9.17, 15) is 4.79 Å². The van der Waals surface area contributed by atoms with Gasteiger partial charge in [0.2, 0.25) is 5.91 Å². The number of piperidine rings is 1. The van der Waals surface area contributed by atoms with E-state index in [-0.39, 0.29) is 11.9 Å². The van der Waals surface area contributed by atoms with E-state index >= 15 is 0 Å². The first-order valence-electron chi connectivity index (χ1n) is 10.5. The van der Waals surface area contributed by atoms with E-state index < -0.39 is 0 Å². The Labute approximate surface area is 166 Å². The summed E-state index contributed by atoms with van der Waals surface area (Å²) in [6.45, 7) is 1.89. The lowest BCUT2D eigenvalue weighted by molar-refractivity contribution is -0.128. The van der Waals surface area contributed by atoms with Gasteiger partial charge in [-0.1, -0.05) is 49.9 Å². The van der Waals surface area contributed by atoms with Crippen molar-refractivity contribution in [1.29, 1.82) is 0 Å². The van der Waals surface area contributed by atoms with E-state index in [1.165, 1.54) is 42.4 Å². The van der Waals surface area contributed by atoms with Gasteiger partial charge in [-0.2, -0.15) is 11.3 Å². The molecule has 0 bridgehead atoms. The van der Waals surface area contributed by atoms with Crippen molar-refractivity contribution < 1.29 is 4.79 Å². The van der Waals surface area contributed by atoms with Crippen molar-refractivity contribution in [2.75, 3.05) is 6.54 Å². The third kappa shape index (κ3) is 4.80. The second-order valence-corrected chi connectivity index (χ2v) is 8.81. The fraction of sp³-hybridized carbons (Fsp3) is 0.522. The average molecular weight is 383 g/mol. The molecule has 1 saturated carbocycles. The Morgan fingerprint density at radius 2 is 1.74 bits per heavy atom. The van der Waals surface area contributed by atoms with E-state index in [1.807, 2.05) is 0 Å². The van der Waals surface area contributed by atoms with Crippen molar-refractivity contribution in [1.82, 2.24) is 10.2 Å². The summed E-state index contributed by atoms with van der Waals surface area (Å²) in [7, 11) is 0. The van der Waals surface area contributed by atoms with Gasteiger partial charge in [0, 0.05) is 12.6 Å². The van der Waals surface area contributed by atoms with Crippen LogP contribution in [0.5, 0.6) is 0 Å². The number of hydrogen-bond acceptors (Lipinski definition) is 3. The van der Waals surface area contributed by atoms with Crippen molar-refractivity contribution in [3.05, 3.63) is 46.7 Å².